The predicted molar refractivity (Wildman–Crippen MR) is 101 cm³/mol. The average molecular weight is 373 g/mol. The van der Waals surface area contributed by atoms with Crippen LogP contribution in [0.1, 0.15) is 19.0 Å². The lowest BCUT2D eigenvalue weighted by molar-refractivity contribution is -0.133. The third-order valence-electron chi connectivity index (χ3n) is 5.21. The molecule has 4 heterocycles. The Morgan fingerprint density at radius 1 is 1.15 bits per heavy atom. The monoisotopic (exact) mass is 373 g/mol. The Labute approximate surface area is 158 Å². The molecule has 0 aliphatic carbocycles. The highest BCUT2D eigenvalue weighted by molar-refractivity contribution is 5.78. The quantitative estimate of drug-likeness (QED) is 0.733. The van der Waals surface area contributed by atoms with Gasteiger partial charge in [-0.1, -0.05) is 13.3 Å². The van der Waals surface area contributed by atoms with E-state index in [1.165, 1.54) is 0 Å². The van der Waals surface area contributed by atoms with Crippen LogP contribution in [0.5, 0.6) is 0 Å². The second kappa shape index (κ2) is 8.18. The van der Waals surface area contributed by atoms with Gasteiger partial charge >= 0.3 is 0 Å². The van der Waals surface area contributed by atoms with Crippen LogP contribution in [0, 0.1) is 0 Å². The molecular weight excluding hydrogens is 346 g/mol. The summed E-state index contributed by atoms with van der Waals surface area (Å²) in [5.41, 5.74) is 1.04. The number of rotatable bonds is 5. The number of nitrogens with zero attached hydrogens (tertiary/aromatic N) is 7. The minimum absolute atomic E-state index is 0.212. The second-order valence-corrected chi connectivity index (χ2v) is 7.08. The summed E-state index contributed by atoms with van der Waals surface area (Å²) in [6.45, 7) is 8.80. The van der Waals surface area contributed by atoms with E-state index in [9.17, 15) is 4.79 Å². The Bertz CT molecular complexity index is 779. The molecule has 0 unspecified atom stereocenters. The van der Waals surface area contributed by atoms with Crippen molar-refractivity contribution < 1.29 is 9.53 Å². The molecule has 27 heavy (non-hydrogen) atoms. The van der Waals surface area contributed by atoms with Crippen molar-refractivity contribution in [1.82, 2.24) is 29.4 Å². The number of hydrogen-bond acceptors (Lipinski definition) is 7. The minimum Gasteiger partial charge on any atom is -0.379 e. The highest BCUT2D eigenvalue weighted by Gasteiger charge is 2.25. The van der Waals surface area contributed by atoms with Gasteiger partial charge in [-0.25, -0.2) is 4.98 Å². The molecular formula is C18H27N7O2. The van der Waals surface area contributed by atoms with Gasteiger partial charge in [-0.2, -0.15) is 14.6 Å². The Morgan fingerprint density at radius 2 is 1.93 bits per heavy atom. The van der Waals surface area contributed by atoms with Crippen molar-refractivity contribution in [3.63, 3.8) is 0 Å². The molecule has 1 amide bonds. The average Bonchev–Trinajstić information content (AvgIpc) is 3.17. The lowest BCUT2D eigenvalue weighted by Crippen LogP contribution is -2.52. The number of amides is 1. The van der Waals surface area contributed by atoms with Crippen LogP contribution >= 0.6 is 0 Å². The normalized spacial score (nSPS) is 19.0. The van der Waals surface area contributed by atoms with Gasteiger partial charge < -0.3 is 14.5 Å². The van der Waals surface area contributed by atoms with Crippen molar-refractivity contribution in [3.8, 4) is 0 Å². The fraction of sp³-hybridized carbons (Fsp3) is 0.667. The molecule has 0 spiro atoms. The van der Waals surface area contributed by atoms with Crippen molar-refractivity contribution in [2.24, 2.45) is 0 Å². The number of aromatic nitrogens is 4. The molecule has 0 saturated carbocycles. The van der Waals surface area contributed by atoms with E-state index in [0.717, 1.165) is 76.8 Å². The molecule has 0 bridgehead atoms. The van der Waals surface area contributed by atoms with E-state index in [1.54, 1.807) is 10.8 Å². The van der Waals surface area contributed by atoms with Gasteiger partial charge in [-0.05, 0) is 6.42 Å². The maximum atomic E-state index is 12.6. The summed E-state index contributed by atoms with van der Waals surface area (Å²) in [6, 6.07) is 2.11. The maximum Gasteiger partial charge on any atom is 0.254 e. The Hall–Kier alpha value is -2.26. The molecule has 0 radical (unpaired) electrons. The summed E-state index contributed by atoms with van der Waals surface area (Å²) in [7, 11) is 0. The molecule has 2 fully saturated rings. The van der Waals surface area contributed by atoms with Crippen LogP contribution < -0.4 is 4.90 Å². The molecule has 2 saturated heterocycles. The fourth-order valence-electron chi connectivity index (χ4n) is 3.69. The Balaban J connectivity index is 1.41. The second-order valence-electron chi connectivity index (χ2n) is 7.08. The van der Waals surface area contributed by atoms with Gasteiger partial charge in [0, 0.05) is 51.0 Å². The lowest BCUT2D eigenvalue weighted by atomic mass is 10.2. The number of anilines is 1. The van der Waals surface area contributed by atoms with Gasteiger partial charge in [0.05, 0.1) is 19.8 Å². The zero-order valence-corrected chi connectivity index (χ0v) is 15.9. The van der Waals surface area contributed by atoms with Gasteiger partial charge in [-0.15, -0.1) is 0 Å². The van der Waals surface area contributed by atoms with Gasteiger partial charge in [0.25, 0.3) is 5.78 Å². The van der Waals surface area contributed by atoms with Crippen LogP contribution in [0.25, 0.3) is 5.78 Å². The van der Waals surface area contributed by atoms with E-state index in [2.05, 4.69) is 37.9 Å². The van der Waals surface area contributed by atoms with Crippen LogP contribution in [0.4, 0.5) is 5.82 Å². The van der Waals surface area contributed by atoms with E-state index in [0.29, 0.717) is 12.3 Å². The van der Waals surface area contributed by atoms with Crippen molar-refractivity contribution in [1.29, 1.82) is 0 Å². The van der Waals surface area contributed by atoms with Gasteiger partial charge in [0.2, 0.25) is 5.91 Å². The summed E-state index contributed by atoms with van der Waals surface area (Å²) in [6.07, 6.45) is 3.51. The number of hydrogen-bond donors (Lipinski definition) is 0. The topological polar surface area (TPSA) is 79.1 Å². The van der Waals surface area contributed by atoms with E-state index in [-0.39, 0.29) is 5.91 Å². The van der Waals surface area contributed by atoms with Crippen LogP contribution in [-0.4, -0.2) is 94.3 Å². The van der Waals surface area contributed by atoms with Crippen molar-refractivity contribution in [2.75, 3.05) is 63.9 Å². The summed E-state index contributed by atoms with van der Waals surface area (Å²) >= 11 is 0. The van der Waals surface area contributed by atoms with E-state index >= 15 is 0 Å². The summed E-state index contributed by atoms with van der Waals surface area (Å²) in [4.78, 5) is 27.9. The van der Waals surface area contributed by atoms with E-state index in [4.69, 9.17) is 4.74 Å². The van der Waals surface area contributed by atoms with Crippen LogP contribution in [0.15, 0.2) is 12.4 Å². The number of carbonyl (C=O) groups is 1. The zero-order valence-electron chi connectivity index (χ0n) is 15.9. The number of morpholine rings is 1. The van der Waals surface area contributed by atoms with Gasteiger partial charge in [-0.3, -0.25) is 9.69 Å². The first-order valence-corrected chi connectivity index (χ1v) is 9.77. The number of carbonyl (C=O) groups excluding carboxylic acids is 1. The largest absolute Gasteiger partial charge is 0.379 e. The zero-order chi connectivity index (χ0) is 18.6. The molecule has 2 aliphatic heterocycles. The summed E-state index contributed by atoms with van der Waals surface area (Å²) < 4.78 is 7.15. The number of ether oxygens (including phenoxy) is 1. The number of aryl methyl sites for hydroxylation is 1. The molecule has 9 nitrogen and oxygen atoms in total. The SMILES string of the molecule is CCCc1cc(N2CCN(C(=O)CN3CCOCC3)CC2)n2ncnc2n1. The van der Waals surface area contributed by atoms with Crippen LogP contribution in [0.3, 0.4) is 0 Å². The number of piperazine rings is 1. The molecule has 4 rings (SSSR count). The molecule has 9 heteroatoms. The molecule has 0 atom stereocenters. The molecule has 0 N–H and O–H groups in total. The smallest absolute Gasteiger partial charge is 0.254 e. The molecule has 0 aromatic carbocycles. The molecule has 2 aromatic rings. The Morgan fingerprint density at radius 3 is 2.67 bits per heavy atom. The van der Waals surface area contributed by atoms with Crippen molar-refractivity contribution in [3.05, 3.63) is 18.1 Å². The molecule has 2 aromatic heterocycles. The van der Waals surface area contributed by atoms with Gasteiger partial charge in [0.1, 0.15) is 12.1 Å². The fourth-order valence-corrected chi connectivity index (χ4v) is 3.69. The first-order chi connectivity index (χ1) is 13.2. The minimum atomic E-state index is 0.212. The Kier molecular flexibility index (Phi) is 5.49. The van der Waals surface area contributed by atoms with Crippen molar-refractivity contribution >= 4 is 17.5 Å². The van der Waals surface area contributed by atoms with Crippen LogP contribution in [0.2, 0.25) is 0 Å². The van der Waals surface area contributed by atoms with E-state index < -0.39 is 0 Å². The first-order valence-electron chi connectivity index (χ1n) is 9.77. The third-order valence-corrected chi connectivity index (χ3v) is 5.21. The third kappa shape index (κ3) is 4.03. The van der Waals surface area contributed by atoms with E-state index in [1.807, 2.05) is 4.90 Å². The predicted octanol–water partition coefficient (Wildman–Crippen LogP) is 0.0576. The summed E-state index contributed by atoms with van der Waals surface area (Å²) in [5, 5.41) is 4.33. The summed E-state index contributed by atoms with van der Waals surface area (Å²) in [5.74, 6) is 1.87. The maximum absolute atomic E-state index is 12.6. The molecule has 2 aliphatic rings. The van der Waals surface area contributed by atoms with Crippen LogP contribution in [-0.2, 0) is 16.0 Å². The first kappa shape index (κ1) is 18.1. The highest BCUT2D eigenvalue weighted by atomic mass is 16.5. The lowest BCUT2D eigenvalue weighted by Gasteiger charge is -2.37. The van der Waals surface area contributed by atoms with Crippen molar-refractivity contribution in [2.45, 2.75) is 19.8 Å². The highest BCUT2D eigenvalue weighted by Crippen LogP contribution is 2.19. The number of fused-ring (bicyclic) bond motifs is 1. The van der Waals surface area contributed by atoms with Gasteiger partial charge in [0.15, 0.2) is 0 Å². The standard InChI is InChI=1S/C18H27N7O2/c1-2-3-15-12-16(25-18(21-15)19-14-20-25)23-4-6-24(7-5-23)17(26)13-22-8-10-27-11-9-22/h12,14H,2-11,13H2,1H3. The molecule has 146 valence electrons.